The van der Waals surface area contributed by atoms with Gasteiger partial charge in [0.2, 0.25) is 0 Å². The summed E-state index contributed by atoms with van der Waals surface area (Å²) in [6, 6.07) is 10.2. The molecule has 0 radical (unpaired) electrons. The Morgan fingerprint density at radius 1 is 1.29 bits per heavy atom. The Hall–Kier alpha value is -2.80. The minimum Gasteiger partial charge on any atom is -0.477 e. The van der Waals surface area contributed by atoms with Crippen molar-refractivity contribution in [2.75, 3.05) is 19.0 Å². The van der Waals surface area contributed by atoms with E-state index in [1.807, 2.05) is 14.1 Å². The smallest absolute Gasteiger partial charge is 0.346 e. The summed E-state index contributed by atoms with van der Waals surface area (Å²) in [5.74, 6) is -0.754. The summed E-state index contributed by atoms with van der Waals surface area (Å²) in [7, 11) is 4.07. The number of nitrogens with zero attached hydrogens (tertiary/aromatic N) is 2. The standard InChI is InChI=1S/C24H30N2O2/c1-24(2)15-19(6-5-7-21(17-25)23(27)28)14-20(16-24)9-8-18-10-12-22(13-11-18)26(3)4/h7-14,19H,5-6,15-16H2,1-4H3,(H,27,28)/b9-8+,21-7-. The van der Waals surface area contributed by atoms with Gasteiger partial charge in [0.25, 0.3) is 0 Å². The highest BCUT2D eigenvalue weighted by atomic mass is 16.4. The zero-order chi connectivity index (χ0) is 20.7. The van der Waals surface area contributed by atoms with Gasteiger partial charge in [-0.05, 0) is 54.7 Å². The zero-order valence-corrected chi connectivity index (χ0v) is 17.3. The number of rotatable bonds is 7. The minimum absolute atomic E-state index is 0.166. The first-order chi connectivity index (χ1) is 13.2. The lowest BCUT2D eigenvalue weighted by molar-refractivity contribution is -0.132. The number of hydrogen-bond donors (Lipinski definition) is 1. The largest absolute Gasteiger partial charge is 0.477 e. The van der Waals surface area contributed by atoms with Crippen LogP contribution in [0.2, 0.25) is 0 Å². The van der Waals surface area contributed by atoms with Crippen LogP contribution < -0.4 is 4.90 Å². The molecule has 28 heavy (non-hydrogen) atoms. The molecule has 0 heterocycles. The molecule has 0 bridgehead atoms. The fourth-order valence-electron chi connectivity index (χ4n) is 3.76. The summed E-state index contributed by atoms with van der Waals surface area (Å²) in [6.07, 6.45) is 11.8. The molecule has 0 aliphatic heterocycles. The van der Waals surface area contributed by atoms with Crippen molar-refractivity contribution in [3.63, 3.8) is 0 Å². The Morgan fingerprint density at radius 2 is 1.96 bits per heavy atom. The first-order valence-corrected chi connectivity index (χ1v) is 9.70. The predicted molar refractivity (Wildman–Crippen MR) is 115 cm³/mol. The van der Waals surface area contributed by atoms with Gasteiger partial charge in [-0.2, -0.15) is 5.26 Å². The Bertz CT molecular complexity index is 821. The third-order valence-electron chi connectivity index (χ3n) is 5.08. The number of carbonyl (C=O) groups is 1. The average molecular weight is 379 g/mol. The second-order valence-corrected chi connectivity index (χ2v) is 8.48. The van der Waals surface area contributed by atoms with Crippen LogP contribution in [0.15, 0.2) is 53.6 Å². The van der Waals surface area contributed by atoms with Crippen molar-refractivity contribution >= 4 is 17.7 Å². The van der Waals surface area contributed by atoms with E-state index < -0.39 is 5.97 Å². The Labute approximate surface area is 168 Å². The van der Waals surface area contributed by atoms with Crippen molar-refractivity contribution < 1.29 is 9.90 Å². The average Bonchev–Trinajstić information content (AvgIpc) is 2.62. The van der Waals surface area contributed by atoms with Crippen LogP contribution in [0.4, 0.5) is 5.69 Å². The maximum atomic E-state index is 10.9. The van der Waals surface area contributed by atoms with Gasteiger partial charge < -0.3 is 10.0 Å². The van der Waals surface area contributed by atoms with E-state index in [9.17, 15) is 4.79 Å². The van der Waals surface area contributed by atoms with Crippen molar-refractivity contribution in [3.8, 4) is 6.07 Å². The van der Waals surface area contributed by atoms with Gasteiger partial charge in [0.1, 0.15) is 11.6 Å². The Balaban J connectivity index is 2.07. The molecule has 148 valence electrons. The Morgan fingerprint density at radius 3 is 2.54 bits per heavy atom. The van der Waals surface area contributed by atoms with E-state index in [1.54, 1.807) is 12.1 Å². The Kier molecular flexibility index (Phi) is 7.23. The van der Waals surface area contributed by atoms with E-state index in [-0.39, 0.29) is 11.0 Å². The number of nitriles is 1. The molecule has 4 heteroatoms. The molecule has 1 atom stereocenters. The van der Waals surface area contributed by atoms with Gasteiger partial charge in [-0.3, -0.25) is 0 Å². The summed E-state index contributed by atoms with van der Waals surface area (Å²) in [6.45, 7) is 4.56. The van der Waals surface area contributed by atoms with Gasteiger partial charge in [0, 0.05) is 19.8 Å². The lowest BCUT2D eigenvalue weighted by atomic mass is 9.71. The fourth-order valence-corrected chi connectivity index (χ4v) is 3.76. The molecule has 1 aromatic rings. The number of hydrogen-bond acceptors (Lipinski definition) is 3. The molecule has 1 aromatic carbocycles. The zero-order valence-electron chi connectivity index (χ0n) is 17.3. The molecule has 4 nitrogen and oxygen atoms in total. The fraction of sp³-hybridized carbons (Fsp3) is 0.417. The molecule has 0 aromatic heterocycles. The van der Waals surface area contributed by atoms with Gasteiger partial charge >= 0.3 is 5.97 Å². The third kappa shape index (κ3) is 6.42. The molecule has 1 unspecified atom stereocenters. The molecular formula is C24H30N2O2. The maximum absolute atomic E-state index is 10.9. The lowest BCUT2D eigenvalue weighted by Crippen LogP contribution is -2.21. The first-order valence-electron chi connectivity index (χ1n) is 9.70. The molecule has 0 saturated heterocycles. The van der Waals surface area contributed by atoms with Crippen LogP contribution in [0.1, 0.15) is 45.1 Å². The van der Waals surface area contributed by atoms with Crippen LogP contribution in [-0.2, 0) is 4.79 Å². The monoisotopic (exact) mass is 378 g/mol. The summed E-state index contributed by atoms with van der Waals surface area (Å²) < 4.78 is 0. The van der Waals surface area contributed by atoms with E-state index >= 15 is 0 Å². The number of allylic oxidation sites excluding steroid dienone is 4. The molecule has 0 saturated carbocycles. The van der Waals surface area contributed by atoms with Gasteiger partial charge in [0.05, 0.1) is 0 Å². The van der Waals surface area contributed by atoms with E-state index in [1.165, 1.54) is 16.8 Å². The van der Waals surface area contributed by atoms with Crippen molar-refractivity contribution in [2.24, 2.45) is 11.3 Å². The summed E-state index contributed by atoms with van der Waals surface area (Å²) in [5.41, 5.74) is 3.72. The van der Waals surface area contributed by atoms with E-state index in [0.29, 0.717) is 12.3 Å². The van der Waals surface area contributed by atoms with Crippen LogP contribution in [0.3, 0.4) is 0 Å². The topological polar surface area (TPSA) is 64.3 Å². The molecule has 1 aliphatic carbocycles. The molecule has 0 spiro atoms. The highest BCUT2D eigenvalue weighted by molar-refractivity contribution is 5.90. The summed E-state index contributed by atoms with van der Waals surface area (Å²) in [4.78, 5) is 13.0. The van der Waals surface area contributed by atoms with Crippen LogP contribution in [0.5, 0.6) is 0 Å². The second-order valence-electron chi connectivity index (χ2n) is 8.48. The van der Waals surface area contributed by atoms with Crippen LogP contribution >= 0.6 is 0 Å². The van der Waals surface area contributed by atoms with Crippen molar-refractivity contribution in [2.45, 2.75) is 39.5 Å². The summed E-state index contributed by atoms with van der Waals surface area (Å²) >= 11 is 0. The van der Waals surface area contributed by atoms with Gasteiger partial charge in [0.15, 0.2) is 0 Å². The normalized spacial score (nSPS) is 19.2. The van der Waals surface area contributed by atoms with E-state index in [4.69, 9.17) is 10.4 Å². The van der Waals surface area contributed by atoms with Gasteiger partial charge in [-0.15, -0.1) is 0 Å². The highest BCUT2D eigenvalue weighted by Crippen LogP contribution is 2.40. The van der Waals surface area contributed by atoms with Crippen molar-refractivity contribution in [3.05, 3.63) is 59.2 Å². The molecule has 1 aliphatic rings. The number of anilines is 1. The van der Waals surface area contributed by atoms with E-state index in [0.717, 1.165) is 19.3 Å². The van der Waals surface area contributed by atoms with Gasteiger partial charge in [-0.25, -0.2) is 4.79 Å². The minimum atomic E-state index is -1.15. The maximum Gasteiger partial charge on any atom is 0.346 e. The number of aliphatic carboxylic acids is 1. The van der Waals surface area contributed by atoms with Crippen molar-refractivity contribution in [1.29, 1.82) is 5.26 Å². The molecule has 2 rings (SSSR count). The number of benzene rings is 1. The molecule has 0 amide bonds. The highest BCUT2D eigenvalue weighted by Gasteiger charge is 2.27. The predicted octanol–water partition coefficient (Wildman–Crippen LogP) is 5.44. The second kappa shape index (κ2) is 9.41. The molecule has 0 fully saturated rings. The number of carboxylic acid groups (broad SMARTS) is 1. The van der Waals surface area contributed by atoms with Crippen LogP contribution in [-0.4, -0.2) is 25.2 Å². The molecular weight excluding hydrogens is 348 g/mol. The van der Waals surface area contributed by atoms with Crippen molar-refractivity contribution in [1.82, 2.24) is 0 Å². The lowest BCUT2D eigenvalue weighted by Gasteiger charge is -2.34. The first kappa shape index (κ1) is 21.5. The molecule has 1 N–H and O–H groups in total. The van der Waals surface area contributed by atoms with Gasteiger partial charge in [-0.1, -0.05) is 55.9 Å². The van der Waals surface area contributed by atoms with Crippen LogP contribution in [0.25, 0.3) is 6.08 Å². The van der Waals surface area contributed by atoms with E-state index in [2.05, 4.69) is 61.2 Å². The quantitative estimate of drug-likeness (QED) is 0.506. The van der Waals surface area contributed by atoms with Crippen LogP contribution in [0, 0.1) is 22.7 Å². The number of carboxylic acids is 1. The third-order valence-corrected chi connectivity index (χ3v) is 5.08. The summed E-state index contributed by atoms with van der Waals surface area (Å²) in [5, 5.41) is 17.8. The SMILES string of the molecule is CN(C)c1ccc(/C=C/C2=CC(CC/C=C(/C#N)C(=O)O)CC(C)(C)C2)cc1.